The predicted molar refractivity (Wildman–Crippen MR) is 110 cm³/mol. The normalized spacial score (nSPS) is 14.9. The Hall–Kier alpha value is -2.24. The number of guanidine groups is 1. The van der Waals surface area contributed by atoms with Crippen molar-refractivity contribution in [3.63, 3.8) is 0 Å². The first kappa shape index (κ1) is 21.1. The summed E-state index contributed by atoms with van der Waals surface area (Å²) in [6, 6.07) is 6.31. The Morgan fingerprint density at radius 3 is 2.67 bits per heavy atom. The maximum atomic E-state index is 11.7. The van der Waals surface area contributed by atoms with Crippen molar-refractivity contribution in [2.75, 3.05) is 27.2 Å². The van der Waals surface area contributed by atoms with E-state index in [1.807, 2.05) is 6.92 Å². The van der Waals surface area contributed by atoms with E-state index in [9.17, 15) is 4.79 Å². The van der Waals surface area contributed by atoms with E-state index in [0.29, 0.717) is 25.6 Å². The lowest BCUT2D eigenvalue weighted by atomic mass is 10.1. The molecule has 0 heterocycles. The zero-order valence-electron chi connectivity index (χ0n) is 17.2. The molecule has 1 aliphatic rings. The van der Waals surface area contributed by atoms with Crippen molar-refractivity contribution in [2.24, 2.45) is 4.99 Å². The third-order valence-corrected chi connectivity index (χ3v) is 4.70. The fourth-order valence-corrected chi connectivity index (χ4v) is 3.11. The second-order valence-electron chi connectivity index (χ2n) is 7.30. The number of benzene rings is 1. The van der Waals surface area contributed by atoms with Gasteiger partial charge in [-0.2, -0.15) is 0 Å². The molecule has 6 nitrogen and oxygen atoms in total. The van der Waals surface area contributed by atoms with E-state index in [2.05, 4.69) is 40.7 Å². The number of nitrogens with one attached hydrogen (secondary N) is 2. The van der Waals surface area contributed by atoms with Crippen LogP contribution in [0.5, 0.6) is 5.75 Å². The third-order valence-electron chi connectivity index (χ3n) is 4.70. The van der Waals surface area contributed by atoms with Crippen LogP contribution >= 0.6 is 0 Å². The average molecular weight is 375 g/mol. The summed E-state index contributed by atoms with van der Waals surface area (Å²) in [4.78, 5) is 18.0. The van der Waals surface area contributed by atoms with Gasteiger partial charge >= 0.3 is 0 Å². The molecule has 0 spiro atoms. The molecule has 0 saturated heterocycles. The number of carbonyl (C=O) groups is 1. The smallest absolute Gasteiger partial charge is 0.223 e. The van der Waals surface area contributed by atoms with E-state index < -0.39 is 0 Å². The lowest BCUT2D eigenvalue weighted by molar-refractivity contribution is -0.128. The minimum Gasteiger partial charge on any atom is -0.490 e. The Kier molecular flexibility index (Phi) is 8.43. The molecule has 1 fully saturated rings. The van der Waals surface area contributed by atoms with Gasteiger partial charge in [0, 0.05) is 39.2 Å². The number of hydrogen-bond acceptors (Lipinski definition) is 3. The van der Waals surface area contributed by atoms with Crippen molar-refractivity contribution in [3.05, 3.63) is 29.3 Å². The van der Waals surface area contributed by atoms with Crippen molar-refractivity contribution in [2.45, 2.75) is 58.6 Å². The van der Waals surface area contributed by atoms with Crippen LogP contribution in [0.15, 0.2) is 23.2 Å². The van der Waals surface area contributed by atoms with Gasteiger partial charge in [0.2, 0.25) is 5.91 Å². The summed E-state index contributed by atoms with van der Waals surface area (Å²) in [6.45, 7) is 5.99. The van der Waals surface area contributed by atoms with Gasteiger partial charge in [0.15, 0.2) is 5.96 Å². The Bertz CT molecular complexity index is 637. The average Bonchev–Trinajstić information content (AvgIpc) is 3.13. The first-order chi connectivity index (χ1) is 13.0. The van der Waals surface area contributed by atoms with Gasteiger partial charge < -0.3 is 20.3 Å². The highest BCUT2D eigenvalue weighted by Gasteiger charge is 2.18. The van der Waals surface area contributed by atoms with E-state index in [4.69, 9.17) is 4.74 Å². The van der Waals surface area contributed by atoms with Crippen molar-refractivity contribution in [1.82, 2.24) is 15.5 Å². The quantitative estimate of drug-likeness (QED) is 0.542. The number of nitrogens with zero attached hydrogens (tertiary/aromatic N) is 2. The molecule has 1 saturated carbocycles. The molecule has 0 atom stereocenters. The molecule has 0 aliphatic heterocycles. The van der Waals surface area contributed by atoms with E-state index in [0.717, 1.165) is 36.7 Å². The lowest BCUT2D eigenvalue weighted by Crippen LogP contribution is -2.39. The van der Waals surface area contributed by atoms with Crippen molar-refractivity contribution in [1.29, 1.82) is 0 Å². The summed E-state index contributed by atoms with van der Waals surface area (Å²) in [7, 11) is 3.54. The number of hydrogen-bond donors (Lipinski definition) is 2. The van der Waals surface area contributed by atoms with Gasteiger partial charge in [-0.15, -0.1) is 0 Å². The fraction of sp³-hybridized carbons (Fsp3) is 0.619. The maximum Gasteiger partial charge on any atom is 0.223 e. The first-order valence-corrected chi connectivity index (χ1v) is 9.98. The maximum absolute atomic E-state index is 11.7. The SMILES string of the molecule is CCNC(=NCc1ccc(C)cc1OC1CCCC1)NCCC(=O)N(C)C. The topological polar surface area (TPSA) is 66.0 Å². The number of aliphatic imine (C=N–C) groups is 1. The van der Waals surface area contributed by atoms with Crippen LogP contribution in [-0.4, -0.2) is 50.1 Å². The van der Waals surface area contributed by atoms with Gasteiger partial charge in [-0.3, -0.25) is 4.79 Å². The van der Waals surface area contributed by atoms with Crippen molar-refractivity contribution in [3.8, 4) is 5.75 Å². The van der Waals surface area contributed by atoms with Crippen LogP contribution in [-0.2, 0) is 11.3 Å². The zero-order chi connectivity index (χ0) is 19.6. The molecular weight excluding hydrogens is 340 g/mol. The van der Waals surface area contributed by atoms with Crippen LogP contribution in [0.3, 0.4) is 0 Å². The first-order valence-electron chi connectivity index (χ1n) is 9.98. The molecule has 0 bridgehead atoms. The van der Waals surface area contributed by atoms with Gasteiger partial charge in [-0.25, -0.2) is 4.99 Å². The Balaban J connectivity index is 2.00. The molecule has 0 aromatic heterocycles. The zero-order valence-corrected chi connectivity index (χ0v) is 17.2. The molecule has 1 amide bonds. The third kappa shape index (κ3) is 7.12. The minimum atomic E-state index is 0.101. The van der Waals surface area contributed by atoms with Gasteiger partial charge in [-0.05, 0) is 51.2 Å². The largest absolute Gasteiger partial charge is 0.490 e. The molecule has 2 rings (SSSR count). The molecule has 0 unspecified atom stereocenters. The van der Waals surface area contributed by atoms with Crippen LogP contribution in [0.25, 0.3) is 0 Å². The Labute approximate surface area is 163 Å². The Morgan fingerprint density at radius 1 is 1.26 bits per heavy atom. The number of amides is 1. The standard InChI is InChI=1S/C21H34N4O2/c1-5-22-21(23-13-12-20(26)25(3)4)24-15-17-11-10-16(2)14-19(17)27-18-8-6-7-9-18/h10-11,14,18H,5-9,12-13,15H2,1-4H3,(H2,22,23,24). The van der Waals surface area contributed by atoms with Crippen molar-refractivity contribution < 1.29 is 9.53 Å². The van der Waals surface area contributed by atoms with Gasteiger partial charge in [0.25, 0.3) is 0 Å². The van der Waals surface area contributed by atoms with Crippen LogP contribution in [0.4, 0.5) is 0 Å². The van der Waals surface area contributed by atoms with Crippen LogP contribution < -0.4 is 15.4 Å². The molecule has 6 heteroatoms. The molecular formula is C21H34N4O2. The van der Waals surface area contributed by atoms with E-state index in [1.165, 1.54) is 18.4 Å². The molecule has 0 radical (unpaired) electrons. The van der Waals surface area contributed by atoms with Crippen molar-refractivity contribution >= 4 is 11.9 Å². The van der Waals surface area contributed by atoms with Gasteiger partial charge in [0.1, 0.15) is 5.75 Å². The fourth-order valence-electron chi connectivity index (χ4n) is 3.11. The van der Waals surface area contributed by atoms with E-state index >= 15 is 0 Å². The summed E-state index contributed by atoms with van der Waals surface area (Å²) in [5.41, 5.74) is 2.29. The number of rotatable bonds is 8. The van der Waals surface area contributed by atoms with Crippen LogP contribution in [0.2, 0.25) is 0 Å². The molecule has 27 heavy (non-hydrogen) atoms. The summed E-state index contributed by atoms with van der Waals surface area (Å²) < 4.78 is 6.26. The van der Waals surface area contributed by atoms with Crippen LogP contribution in [0.1, 0.15) is 50.2 Å². The number of aryl methyl sites for hydroxylation is 1. The second-order valence-corrected chi connectivity index (χ2v) is 7.30. The van der Waals surface area contributed by atoms with E-state index in [-0.39, 0.29) is 5.91 Å². The number of carbonyl (C=O) groups excluding carboxylic acids is 1. The summed E-state index contributed by atoms with van der Waals surface area (Å²) in [5.74, 6) is 1.77. The summed E-state index contributed by atoms with van der Waals surface area (Å²) in [6.07, 6.45) is 5.56. The molecule has 1 aromatic carbocycles. The monoisotopic (exact) mass is 374 g/mol. The second kappa shape index (κ2) is 10.8. The highest BCUT2D eigenvalue weighted by atomic mass is 16.5. The molecule has 150 valence electrons. The summed E-state index contributed by atoms with van der Waals surface area (Å²) >= 11 is 0. The lowest BCUT2D eigenvalue weighted by Gasteiger charge is -2.17. The minimum absolute atomic E-state index is 0.101. The summed E-state index contributed by atoms with van der Waals surface area (Å²) in [5, 5.41) is 6.46. The molecule has 1 aliphatic carbocycles. The predicted octanol–water partition coefficient (Wildman–Crippen LogP) is 2.85. The van der Waals surface area contributed by atoms with E-state index in [1.54, 1.807) is 19.0 Å². The van der Waals surface area contributed by atoms with Gasteiger partial charge in [0.05, 0.1) is 12.6 Å². The van der Waals surface area contributed by atoms with Crippen LogP contribution in [0, 0.1) is 6.92 Å². The highest BCUT2D eigenvalue weighted by Crippen LogP contribution is 2.28. The van der Waals surface area contributed by atoms with Gasteiger partial charge in [-0.1, -0.05) is 12.1 Å². The highest BCUT2D eigenvalue weighted by molar-refractivity contribution is 5.81. The molecule has 2 N–H and O–H groups in total. The molecule has 1 aromatic rings. The Morgan fingerprint density at radius 2 is 2.00 bits per heavy atom. The number of ether oxygens (including phenoxy) is 1.